The molecule has 0 amide bonds. The molecule has 3 rings (SSSR count). The Kier molecular flexibility index (Phi) is 4.50. The first-order valence-electron chi connectivity index (χ1n) is 7.44. The first-order valence-corrected chi connectivity index (χ1v) is 9.33. The van der Waals surface area contributed by atoms with Crippen molar-refractivity contribution in [3.8, 4) is 17.2 Å². The third kappa shape index (κ3) is 3.82. The van der Waals surface area contributed by atoms with Gasteiger partial charge in [-0.15, -0.1) is 5.10 Å². The molecule has 0 spiro atoms. The average molecular weight is 400 g/mol. The van der Waals surface area contributed by atoms with E-state index in [9.17, 15) is 26.0 Å². The summed E-state index contributed by atoms with van der Waals surface area (Å²) in [5.74, 6) is -2.78. The molecule has 0 saturated heterocycles. The number of nitrogens with zero attached hydrogens (tertiary/aromatic N) is 4. The minimum atomic E-state index is -4.85. The van der Waals surface area contributed by atoms with Crippen molar-refractivity contribution in [3.05, 3.63) is 53.7 Å². The predicted molar refractivity (Wildman–Crippen MR) is 87.4 cm³/mol. The number of hydrogen-bond acceptors (Lipinski definition) is 5. The molecular formula is C16H12F4N4O2S. The lowest BCUT2D eigenvalue weighted by Gasteiger charge is -2.07. The Bertz CT molecular complexity index is 1110. The van der Waals surface area contributed by atoms with Crippen LogP contribution < -0.4 is 0 Å². The summed E-state index contributed by atoms with van der Waals surface area (Å²) in [6.45, 7) is 1.63. The van der Waals surface area contributed by atoms with E-state index in [1.807, 2.05) is 0 Å². The van der Waals surface area contributed by atoms with E-state index < -0.39 is 33.5 Å². The van der Waals surface area contributed by atoms with E-state index in [0.717, 1.165) is 23.2 Å². The Morgan fingerprint density at radius 1 is 1.11 bits per heavy atom. The van der Waals surface area contributed by atoms with Crippen molar-refractivity contribution in [2.24, 2.45) is 0 Å². The normalized spacial score (nSPS) is 12.4. The lowest BCUT2D eigenvalue weighted by atomic mass is 10.1. The number of rotatable bonds is 3. The first kappa shape index (κ1) is 19.0. The van der Waals surface area contributed by atoms with E-state index in [4.69, 9.17) is 0 Å². The van der Waals surface area contributed by atoms with Gasteiger partial charge in [0.1, 0.15) is 5.82 Å². The lowest BCUT2D eigenvalue weighted by molar-refractivity contribution is -0.144. The van der Waals surface area contributed by atoms with Crippen LogP contribution in [0.15, 0.2) is 41.4 Å². The van der Waals surface area contributed by atoms with Gasteiger partial charge in [0.15, 0.2) is 21.5 Å². The molecule has 6 nitrogen and oxygen atoms in total. The van der Waals surface area contributed by atoms with E-state index in [-0.39, 0.29) is 16.3 Å². The van der Waals surface area contributed by atoms with Crippen LogP contribution in [0.2, 0.25) is 0 Å². The van der Waals surface area contributed by atoms with Crippen LogP contribution in [-0.2, 0) is 16.0 Å². The topological polar surface area (TPSA) is 77.7 Å². The number of aryl methyl sites for hydroxylation is 1. The Labute approximate surface area is 151 Å². The standard InChI is InChI=1S/C16H12F4N4O2S/c1-9-3-5-11(12(17)7-9)14-22-15(16(18,19)20)23-24(14)13-6-4-10(8-21-13)27(2,25)26/h3-8H,1-2H3. The van der Waals surface area contributed by atoms with Crippen LogP contribution >= 0.6 is 0 Å². The molecule has 0 radical (unpaired) electrons. The number of sulfone groups is 1. The Morgan fingerprint density at radius 3 is 2.33 bits per heavy atom. The van der Waals surface area contributed by atoms with Crippen LogP contribution in [0, 0.1) is 12.7 Å². The minimum Gasteiger partial charge on any atom is -0.236 e. The first-order chi connectivity index (χ1) is 12.5. The molecule has 0 N–H and O–H groups in total. The van der Waals surface area contributed by atoms with Crippen molar-refractivity contribution in [2.75, 3.05) is 6.26 Å². The second kappa shape index (κ2) is 6.41. The molecule has 2 heterocycles. The highest BCUT2D eigenvalue weighted by atomic mass is 32.2. The van der Waals surface area contributed by atoms with E-state index in [1.54, 1.807) is 6.92 Å². The van der Waals surface area contributed by atoms with Crippen LogP contribution in [0.5, 0.6) is 0 Å². The zero-order valence-corrected chi connectivity index (χ0v) is 14.8. The molecule has 0 fully saturated rings. The van der Waals surface area contributed by atoms with Crippen molar-refractivity contribution >= 4 is 9.84 Å². The summed E-state index contributed by atoms with van der Waals surface area (Å²) in [4.78, 5) is 7.13. The van der Waals surface area contributed by atoms with Gasteiger partial charge in [0.2, 0.25) is 0 Å². The van der Waals surface area contributed by atoms with Crippen LogP contribution in [0.4, 0.5) is 17.6 Å². The monoisotopic (exact) mass is 400 g/mol. The van der Waals surface area contributed by atoms with Gasteiger partial charge in [0.25, 0.3) is 5.82 Å². The van der Waals surface area contributed by atoms with Gasteiger partial charge >= 0.3 is 6.18 Å². The second-order valence-corrected chi connectivity index (χ2v) is 7.79. The van der Waals surface area contributed by atoms with Gasteiger partial charge in [0, 0.05) is 12.5 Å². The van der Waals surface area contributed by atoms with Gasteiger partial charge in [0.05, 0.1) is 10.5 Å². The highest BCUT2D eigenvalue weighted by Gasteiger charge is 2.38. The largest absolute Gasteiger partial charge is 0.453 e. The van der Waals surface area contributed by atoms with Crippen molar-refractivity contribution < 1.29 is 26.0 Å². The summed E-state index contributed by atoms with van der Waals surface area (Å²) in [5.41, 5.74) is 0.381. The smallest absolute Gasteiger partial charge is 0.236 e. The molecule has 0 bridgehead atoms. The van der Waals surface area contributed by atoms with Crippen LogP contribution in [0.1, 0.15) is 11.4 Å². The van der Waals surface area contributed by atoms with Gasteiger partial charge in [-0.05, 0) is 36.8 Å². The number of benzene rings is 1. The van der Waals surface area contributed by atoms with Gasteiger partial charge in [-0.2, -0.15) is 17.9 Å². The van der Waals surface area contributed by atoms with Crippen molar-refractivity contribution in [2.45, 2.75) is 18.0 Å². The van der Waals surface area contributed by atoms with E-state index in [1.165, 1.54) is 24.3 Å². The fourth-order valence-electron chi connectivity index (χ4n) is 2.28. The minimum absolute atomic E-state index is 0.120. The predicted octanol–water partition coefficient (Wildman–Crippen LogP) is 3.20. The Balaban J connectivity index is 2.21. The van der Waals surface area contributed by atoms with E-state index in [0.29, 0.717) is 5.56 Å². The lowest BCUT2D eigenvalue weighted by Crippen LogP contribution is -2.09. The highest BCUT2D eigenvalue weighted by Crippen LogP contribution is 2.31. The van der Waals surface area contributed by atoms with Gasteiger partial charge in [-0.25, -0.2) is 22.8 Å². The molecule has 0 saturated carbocycles. The fourth-order valence-corrected chi connectivity index (χ4v) is 2.84. The summed E-state index contributed by atoms with van der Waals surface area (Å²) in [5, 5.41) is 3.39. The SMILES string of the molecule is Cc1ccc(-c2nc(C(F)(F)F)nn2-c2ccc(S(C)(=O)=O)cn2)c(F)c1. The number of alkyl halides is 3. The quantitative estimate of drug-likeness (QED) is 0.631. The maximum atomic E-state index is 14.3. The van der Waals surface area contributed by atoms with Gasteiger partial charge in [-0.3, -0.25) is 0 Å². The molecule has 3 aromatic rings. The number of aromatic nitrogens is 4. The molecule has 1 aromatic carbocycles. The summed E-state index contributed by atoms with van der Waals surface area (Å²) in [6.07, 6.45) is -2.91. The summed E-state index contributed by atoms with van der Waals surface area (Å²) in [6, 6.07) is 6.30. The maximum Gasteiger partial charge on any atom is 0.453 e. The molecule has 142 valence electrons. The average Bonchev–Trinajstić information content (AvgIpc) is 2.99. The highest BCUT2D eigenvalue weighted by molar-refractivity contribution is 7.90. The number of hydrogen-bond donors (Lipinski definition) is 0. The maximum absolute atomic E-state index is 14.3. The molecule has 11 heteroatoms. The Morgan fingerprint density at radius 2 is 1.81 bits per heavy atom. The molecule has 0 atom stereocenters. The van der Waals surface area contributed by atoms with Crippen molar-refractivity contribution in [1.29, 1.82) is 0 Å². The summed E-state index contributed by atoms with van der Waals surface area (Å²) < 4.78 is 77.2. The molecule has 0 aliphatic heterocycles. The summed E-state index contributed by atoms with van der Waals surface area (Å²) in [7, 11) is -3.54. The summed E-state index contributed by atoms with van der Waals surface area (Å²) >= 11 is 0. The van der Waals surface area contributed by atoms with Gasteiger partial charge < -0.3 is 0 Å². The molecular weight excluding hydrogens is 388 g/mol. The van der Waals surface area contributed by atoms with Gasteiger partial charge in [-0.1, -0.05) is 6.07 Å². The van der Waals surface area contributed by atoms with E-state index >= 15 is 0 Å². The van der Waals surface area contributed by atoms with Crippen LogP contribution in [0.25, 0.3) is 17.2 Å². The molecule has 0 unspecified atom stereocenters. The van der Waals surface area contributed by atoms with Crippen molar-refractivity contribution in [1.82, 2.24) is 19.7 Å². The van der Waals surface area contributed by atoms with Crippen LogP contribution in [0.3, 0.4) is 0 Å². The zero-order chi connectivity index (χ0) is 20.0. The molecule has 0 aliphatic rings. The Hall–Kier alpha value is -2.82. The van der Waals surface area contributed by atoms with Crippen LogP contribution in [-0.4, -0.2) is 34.4 Å². The fraction of sp³-hybridized carbons (Fsp3) is 0.188. The van der Waals surface area contributed by atoms with Crippen molar-refractivity contribution in [3.63, 3.8) is 0 Å². The number of halogens is 4. The molecule has 27 heavy (non-hydrogen) atoms. The molecule has 2 aromatic heterocycles. The molecule has 0 aliphatic carbocycles. The third-order valence-corrected chi connectivity index (χ3v) is 4.69. The number of pyridine rings is 1. The second-order valence-electron chi connectivity index (χ2n) is 5.78. The third-order valence-electron chi connectivity index (χ3n) is 3.59. The zero-order valence-electron chi connectivity index (χ0n) is 14.0. The van der Waals surface area contributed by atoms with E-state index in [2.05, 4.69) is 15.1 Å².